The zero-order chi connectivity index (χ0) is 28.0. The van der Waals surface area contributed by atoms with E-state index >= 15 is 0 Å². The topological polar surface area (TPSA) is 128 Å². The molecule has 0 radical (unpaired) electrons. The number of nitrogens with one attached hydrogen (secondary N) is 1. The second kappa shape index (κ2) is 12.2. The highest BCUT2D eigenvalue weighted by atomic mass is 28.3. The minimum absolute atomic E-state index is 0.180. The van der Waals surface area contributed by atoms with Crippen LogP contribution >= 0.6 is 0 Å². The first kappa shape index (κ1) is 27.9. The maximum atomic E-state index is 13.5. The molecule has 10 nitrogen and oxygen atoms in total. The Morgan fingerprint density at radius 3 is 2.54 bits per heavy atom. The van der Waals surface area contributed by atoms with Gasteiger partial charge in [0.25, 0.3) is 0 Å². The molecule has 3 aromatic heterocycles. The molecule has 11 heteroatoms. The number of benzene rings is 1. The number of carbonyl (C=O) groups excluding carboxylic acids is 2. The number of ether oxygens (including phenoxy) is 1. The molecule has 39 heavy (non-hydrogen) atoms. The number of nitrogens with zero attached hydrogens (tertiary/aromatic N) is 5. The zero-order valence-corrected chi connectivity index (χ0v) is 23.8. The molecule has 0 aliphatic carbocycles. The highest BCUT2D eigenvalue weighted by Crippen LogP contribution is 2.27. The van der Waals surface area contributed by atoms with Crippen molar-refractivity contribution in [1.82, 2.24) is 24.6 Å². The monoisotopic (exact) mass is 545 g/mol. The number of anilines is 2. The zero-order valence-electron chi connectivity index (χ0n) is 22.8. The molecule has 4 aromatic rings. The second-order valence-corrected chi connectivity index (χ2v) is 16.3. The van der Waals surface area contributed by atoms with Crippen LogP contribution in [-0.4, -0.2) is 51.1 Å². The van der Waals surface area contributed by atoms with Gasteiger partial charge in [-0.1, -0.05) is 50.0 Å². The van der Waals surface area contributed by atoms with Gasteiger partial charge >= 0.3 is 11.8 Å². The van der Waals surface area contributed by atoms with Gasteiger partial charge in [-0.25, -0.2) is 9.67 Å². The van der Waals surface area contributed by atoms with Crippen molar-refractivity contribution in [2.75, 3.05) is 17.7 Å². The summed E-state index contributed by atoms with van der Waals surface area (Å²) >= 11 is 0. The summed E-state index contributed by atoms with van der Waals surface area (Å²) in [5, 5.41) is 7.70. The number of pyridine rings is 2. The molecule has 3 N–H and O–H groups in total. The molecule has 4 rings (SSSR count). The Kier molecular flexibility index (Phi) is 8.72. The summed E-state index contributed by atoms with van der Waals surface area (Å²) in [6.07, 6.45) is 4.69. The second-order valence-electron chi connectivity index (χ2n) is 10.7. The quantitative estimate of drug-likeness (QED) is 0.174. The van der Waals surface area contributed by atoms with Crippen LogP contribution in [-0.2, 0) is 34.1 Å². The summed E-state index contributed by atoms with van der Waals surface area (Å²) in [6, 6.07) is 14.3. The Bertz CT molecular complexity index is 1450. The number of nitrogens with two attached hydrogens (primary N) is 1. The van der Waals surface area contributed by atoms with Crippen LogP contribution in [0.2, 0.25) is 25.7 Å². The largest absolute Gasteiger partial charge is 0.383 e. The van der Waals surface area contributed by atoms with Gasteiger partial charge < -0.3 is 20.7 Å². The van der Waals surface area contributed by atoms with Gasteiger partial charge in [0.2, 0.25) is 0 Å². The number of nitrogen functional groups attached to an aromatic ring is 1. The lowest BCUT2D eigenvalue weighted by atomic mass is 10.1. The Hall–Kier alpha value is -4.09. The van der Waals surface area contributed by atoms with Crippen molar-refractivity contribution in [3.63, 3.8) is 0 Å². The standard InChI is InChI=1S/C28H35N7O3Si/c1-20-9-5-6-10-21(20)17-34(18-22-11-7-8-12-30-22)28(37)27(36)33-24-16-31-26(29)23-15-32-35(25(23)24)19-38-13-14-39(2,3)4/h5-12,15-16H,13-14,17-19H2,1-4H3,(H2,29,31)(H,33,36). The molecule has 0 aliphatic rings. The number of aryl methyl sites for hydroxylation is 1. The van der Waals surface area contributed by atoms with Crippen LogP contribution in [0.1, 0.15) is 16.8 Å². The van der Waals surface area contributed by atoms with Crippen LogP contribution in [0.5, 0.6) is 0 Å². The third-order valence-corrected chi connectivity index (χ3v) is 8.05. The molecule has 0 atom stereocenters. The highest BCUT2D eigenvalue weighted by Gasteiger charge is 2.25. The van der Waals surface area contributed by atoms with Crippen LogP contribution in [0.15, 0.2) is 61.1 Å². The van der Waals surface area contributed by atoms with Crippen molar-refractivity contribution in [1.29, 1.82) is 0 Å². The average molecular weight is 546 g/mol. The van der Waals surface area contributed by atoms with E-state index in [4.69, 9.17) is 10.5 Å². The number of hydrogen-bond acceptors (Lipinski definition) is 7. The van der Waals surface area contributed by atoms with Crippen molar-refractivity contribution < 1.29 is 14.3 Å². The normalized spacial score (nSPS) is 11.5. The first-order chi connectivity index (χ1) is 18.6. The molecule has 0 aliphatic heterocycles. The van der Waals surface area contributed by atoms with Crippen molar-refractivity contribution in [3.05, 3.63) is 77.9 Å². The Labute approximate surface area is 229 Å². The van der Waals surface area contributed by atoms with E-state index in [0.29, 0.717) is 28.9 Å². The van der Waals surface area contributed by atoms with Gasteiger partial charge in [0.05, 0.1) is 41.2 Å². The van der Waals surface area contributed by atoms with Crippen LogP contribution in [0.4, 0.5) is 11.5 Å². The summed E-state index contributed by atoms with van der Waals surface area (Å²) in [7, 11) is -1.25. The molecule has 0 bridgehead atoms. The van der Waals surface area contributed by atoms with Crippen molar-refractivity contribution >= 4 is 42.3 Å². The van der Waals surface area contributed by atoms with Crippen LogP contribution in [0, 0.1) is 6.92 Å². The maximum Gasteiger partial charge on any atom is 0.314 e. The SMILES string of the molecule is Cc1ccccc1CN(Cc1ccccn1)C(=O)C(=O)Nc1cnc(N)c2cnn(COCC[Si](C)(C)C)c12. The van der Waals surface area contributed by atoms with Gasteiger partial charge in [-0.2, -0.15) is 5.10 Å². The lowest BCUT2D eigenvalue weighted by Gasteiger charge is -2.23. The molecule has 204 valence electrons. The summed E-state index contributed by atoms with van der Waals surface area (Å²) in [5.41, 5.74) is 9.61. The Morgan fingerprint density at radius 2 is 1.82 bits per heavy atom. The van der Waals surface area contributed by atoms with Gasteiger partial charge in [0.1, 0.15) is 12.5 Å². The molecule has 0 spiro atoms. The van der Waals surface area contributed by atoms with E-state index in [0.717, 1.165) is 17.2 Å². The first-order valence-electron chi connectivity index (χ1n) is 12.8. The van der Waals surface area contributed by atoms with Crippen molar-refractivity contribution in [2.45, 2.75) is 52.4 Å². The van der Waals surface area contributed by atoms with E-state index in [1.54, 1.807) is 23.1 Å². The van der Waals surface area contributed by atoms with Crippen LogP contribution < -0.4 is 11.1 Å². The number of amides is 2. The van der Waals surface area contributed by atoms with E-state index in [1.807, 2.05) is 43.3 Å². The van der Waals surface area contributed by atoms with E-state index in [1.165, 1.54) is 11.1 Å². The minimum atomic E-state index is -1.25. The van der Waals surface area contributed by atoms with Gasteiger partial charge in [-0.05, 0) is 36.2 Å². The molecular formula is C28H35N7O3Si. The molecule has 3 heterocycles. The highest BCUT2D eigenvalue weighted by molar-refractivity contribution is 6.76. The van der Waals surface area contributed by atoms with E-state index < -0.39 is 19.9 Å². The molecule has 0 saturated carbocycles. The first-order valence-corrected chi connectivity index (χ1v) is 16.6. The summed E-state index contributed by atoms with van der Waals surface area (Å²) in [4.78, 5) is 36.8. The van der Waals surface area contributed by atoms with Gasteiger partial charge in [0, 0.05) is 27.4 Å². The maximum absolute atomic E-state index is 13.5. The van der Waals surface area contributed by atoms with Gasteiger partial charge in [-0.3, -0.25) is 14.6 Å². The molecule has 0 saturated heterocycles. The summed E-state index contributed by atoms with van der Waals surface area (Å²) in [5.74, 6) is -1.20. The molecule has 1 aromatic carbocycles. The third kappa shape index (κ3) is 7.27. The third-order valence-electron chi connectivity index (χ3n) is 6.34. The predicted octanol–water partition coefficient (Wildman–Crippen LogP) is 4.20. The van der Waals surface area contributed by atoms with E-state index in [2.05, 4.69) is 40.0 Å². The van der Waals surface area contributed by atoms with Gasteiger partial charge in [-0.15, -0.1) is 0 Å². The summed E-state index contributed by atoms with van der Waals surface area (Å²) in [6.45, 7) is 10.1. The summed E-state index contributed by atoms with van der Waals surface area (Å²) < 4.78 is 7.49. The predicted molar refractivity (Wildman–Crippen MR) is 154 cm³/mol. The molecule has 2 amide bonds. The van der Waals surface area contributed by atoms with E-state index in [-0.39, 0.29) is 25.6 Å². The fraction of sp³-hybridized carbons (Fsp3) is 0.321. The number of fused-ring (bicyclic) bond motifs is 1. The number of aromatic nitrogens is 4. The fourth-order valence-electron chi connectivity index (χ4n) is 4.04. The average Bonchev–Trinajstić information content (AvgIpc) is 3.34. The minimum Gasteiger partial charge on any atom is -0.383 e. The lowest BCUT2D eigenvalue weighted by Crippen LogP contribution is -2.39. The fourth-order valence-corrected chi connectivity index (χ4v) is 4.80. The molecule has 0 fully saturated rings. The smallest absolute Gasteiger partial charge is 0.314 e. The van der Waals surface area contributed by atoms with E-state index in [9.17, 15) is 9.59 Å². The van der Waals surface area contributed by atoms with Crippen LogP contribution in [0.25, 0.3) is 10.9 Å². The molecular weight excluding hydrogens is 510 g/mol. The Morgan fingerprint density at radius 1 is 1.05 bits per heavy atom. The lowest BCUT2D eigenvalue weighted by molar-refractivity contribution is -0.144. The van der Waals surface area contributed by atoms with Crippen molar-refractivity contribution in [2.24, 2.45) is 0 Å². The van der Waals surface area contributed by atoms with Crippen molar-refractivity contribution in [3.8, 4) is 0 Å². The Balaban J connectivity index is 1.56. The van der Waals surface area contributed by atoms with Gasteiger partial charge in [0.15, 0.2) is 0 Å². The molecule has 0 unspecified atom stereocenters. The number of rotatable bonds is 10. The van der Waals surface area contributed by atoms with Crippen LogP contribution in [0.3, 0.4) is 0 Å². The number of hydrogen-bond donors (Lipinski definition) is 2. The number of carbonyl (C=O) groups is 2.